The number of alkyl halides is 2. The molecule has 0 aliphatic carbocycles. The number of rotatable bonds is 7. The first kappa shape index (κ1) is 20.5. The smallest absolute Gasteiger partial charge is 0.330 e. The Morgan fingerprint density at radius 3 is 2.50 bits per heavy atom. The van der Waals surface area contributed by atoms with Gasteiger partial charge >= 0.3 is 5.97 Å². The van der Waals surface area contributed by atoms with Crippen LogP contribution in [0.5, 0.6) is 0 Å². The molecule has 0 unspecified atom stereocenters. The van der Waals surface area contributed by atoms with Crippen LogP contribution in [-0.2, 0) is 16.0 Å². The molecular weight excluding hydrogens is 344 g/mol. The van der Waals surface area contributed by atoms with Gasteiger partial charge in [0.05, 0.1) is 12.8 Å². The second-order valence-electron chi connectivity index (χ2n) is 7.28. The zero-order chi connectivity index (χ0) is 19.4. The first-order valence-corrected chi connectivity index (χ1v) is 8.90. The summed E-state index contributed by atoms with van der Waals surface area (Å²) >= 11 is 0. The van der Waals surface area contributed by atoms with E-state index in [0.717, 1.165) is 0 Å². The second-order valence-corrected chi connectivity index (χ2v) is 7.28. The predicted octanol–water partition coefficient (Wildman–Crippen LogP) is 1.85. The van der Waals surface area contributed by atoms with E-state index in [1.807, 2.05) is 13.8 Å². The van der Waals surface area contributed by atoms with E-state index in [-0.39, 0.29) is 24.6 Å². The third-order valence-electron chi connectivity index (χ3n) is 4.57. The van der Waals surface area contributed by atoms with Gasteiger partial charge in [-0.15, -0.1) is 0 Å². The summed E-state index contributed by atoms with van der Waals surface area (Å²) < 4.78 is 32.6. The van der Waals surface area contributed by atoms with E-state index in [1.54, 1.807) is 17.9 Å². The maximum atomic E-state index is 13.3. The van der Waals surface area contributed by atoms with E-state index in [1.165, 1.54) is 11.8 Å². The third kappa shape index (κ3) is 4.87. The van der Waals surface area contributed by atoms with Gasteiger partial charge < -0.3 is 4.74 Å². The fraction of sp³-hybridized carbons (Fsp3) is 0.722. The Morgan fingerprint density at radius 1 is 1.35 bits per heavy atom. The van der Waals surface area contributed by atoms with E-state index in [9.17, 15) is 18.4 Å². The van der Waals surface area contributed by atoms with E-state index < -0.39 is 24.4 Å². The van der Waals surface area contributed by atoms with Gasteiger partial charge in [0.2, 0.25) is 0 Å². The van der Waals surface area contributed by atoms with Crippen LogP contribution < -0.4 is 5.56 Å². The zero-order valence-corrected chi connectivity index (χ0v) is 15.7. The molecule has 3 atom stereocenters. The van der Waals surface area contributed by atoms with Crippen LogP contribution in [0.3, 0.4) is 0 Å². The lowest BCUT2D eigenvalue weighted by Crippen LogP contribution is -2.35. The Kier molecular flexibility index (Phi) is 6.86. The molecule has 2 rings (SSSR count). The van der Waals surface area contributed by atoms with Crippen LogP contribution in [0, 0.1) is 12.8 Å². The van der Waals surface area contributed by atoms with E-state index >= 15 is 0 Å². The summed E-state index contributed by atoms with van der Waals surface area (Å²) in [6.45, 7) is 6.14. The van der Waals surface area contributed by atoms with Crippen LogP contribution in [0.2, 0.25) is 0 Å². The Bertz CT molecular complexity index is 683. The highest BCUT2D eigenvalue weighted by molar-refractivity contribution is 5.73. The highest BCUT2D eigenvalue weighted by Gasteiger charge is 2.32. The van der Waals surface area contributed by atoms with Crippen LogP contribution in [0.15, 0.2) is 10.9 Å². The van der Waals surface area contributed by atoms with E-state index in [2.05, 4.69) is 5.10 Å². The number of ether oxygens (including phenoxy) is 1. The summed E-state index contributed by atoms with van der Waals surface area (Å²) in [5, 5.41) is 4.34. The number of carbonyl (C=O) groups excluding carboxylic acids is 1. The van der Waals surface area contributed by atoms with Gasteiger partial charge in [-0.2, -0.15) is 5.10 Å². The molecule has 0 spiro atoms. The molecule has 2 heterocycles. The summed E-state index contributed by atoms with van der Waals surface area (Å²) in [7, 11) is 1.28. The standard InChI is InChI=1S/C18H27F2N3O3/c1-11(2)7-16(18(25)26-4)23-17(24)12(3)8-13(21-23)5-6-22-9-14(19)15(20)10-22/h8,11,14-16H,5-7,9-10H2,1-4H3/t14-,15-,16-/m0/s1. The maximum absolute atomic E-state index is 13.3. The Labute approximate surface area is 152 Å². The van der Waals surface area contributed by atoms with Crippen LogP contribution in [0.1, 0.15) is 37.6 Å². The molecule has 0 N–H and O–H groups in total. The van der Waals surface area contributed by atoms with Gasteiger partial charge in [-0.05, 0) is 25.3 Å². The molecule has 0 radical (unpaired) electrons. The van der Waals surface area contributed by atoms with Gasteiger partial charge in [-0.25, -0.2) is 18.3 Å². The number of hydrogen-bond acceptors (Lipinski definition) is 5. The topological polar surface area (TPSA) is 64.4 Å². The molecule has 1 aromatic rings. The second kappa shape index (κ2) is 8.70. The molecule has 0 aromatic carbocycles. The molecule has 0 amide bonds. The molecule has 0 bridgehead atoms. The van der Waals surface area contributed by atoms with Crippen LogP contribution in [0.25, 0.3) is 0 Å². The molecule has 1 aromatic heterocycles. The van der Waals surface area contributed by atoms with Gasteiger partial charge in [0.25, 0.3) is 5.56 Å². The SMILES string of the molecule is COC(=O)[C@H](CC(C)C)n1nc(CCN2C[C@H](F)[C@@H](F)C2)cc(C)c1=O. The fourth-order valence-electron chi connectivity index (χ4n) is 3.17. The lowest BCUT2D eigenvalue weighted by atomic mass is 10.0. The van der Waals surface area contributed by atoms with Gasteiger partial charge in [0.1, 0.15) is 12.3 Å². The van der Waals surface area contributed by atoms with Crippen LogP contribution in [-0.4, -0.2) is 59.7 Å². The predicted molar refractivity (Wildman–Crippen MR) is 93.7 cm³/mol. The molecule has 26 heavy (non-hydrogen) atoms. The number of likely N-dealkylation sites (tertiary alicyclic amines) is 1. The molecule has 8 heteroatoms. The van der Waals surface area contributed by atoms with Crippen molar-refractivity contribution in [2.45, 2.75) is 52.0 Å². The lowest BCUT2D eigenvalue weighted by molar-refractivity contribution is -0.145. The Hall–Kier alpha value is -1.83. The largest absolute Gasteiger partial charge is 0.467 e. The van der Waals surface area contributed by atoms with Crippen LogP contribution in [0.4, 0.5) is 8.78 Å². The van der Waals surface area contributed by atoms with Crippen molar-refractivity contribution in [1.82, 2.24) is 14.7 Å². The van der Waals surface area contributed by atoms with Crippen molar-refractivity contribution in [3.05, 3.63) is 27.7 Å². The highest BCUT2D eigenvalue weighted by Crippen LogP contribution is 2.19. The van der Waals surface area contributed by atoms with Gasteiger partial charge in [-0.3, -0.25) is 9.69 Å². The third-order valence-corrected chi connectivity index (χ3v) is 4.57. The van der Waals surface area contributed by atoms with Crippen LogP contribution >= 0.6 is 0 Å². The first-order valence-electron chi connectivity index (χ1n) is 8.90. The average Bonchev–Trinajstić information content (AvgIpc) is 2.91. The van der Waals surface area contributed by atoms with Crippen molar-refractivity contribution in [1.29, 1.82) is 0 Å². The first-order chi connectivity index (χ1) is 12.2. The molecule has 6 nitrogen and oxygen atoms in total. The number of aromatic nitrogens is 2. The molecule has 1 aliphatic heterocycles. The van der Waals surface area contributed by atoms with Gasteiger partial charge in [0.15, 0.2) is 6.04 Å². The quantitative estimate of drug-likeness (QED) is 0.685. The van der Waals surface area contributed by atoms with Crippen molar-refractivity contribution in [3.63, 3.8) is 0 Å². The maximum Gasteiger partial charge on any atom is 0.330 e. The van der Waals surface area contributed by atoms with E-state index in [0.29, 0.717) is 30.6 Å². The summed E-state index contributed by atoms with van der Waals surface area (Å²) in [6, 6.07) is 0.877. The Morgan fingerprint density at radius 2 is 1.96 bits per heavy atom. The summed E-state index contributed by atoms with van der Waals surface area (Å²) in [5.74, 6) is -0.339. The van der Waals surface area contributed by atoms with Gasteiger partial charge in [-0.1, -0.05) is 13.8 Å². The minimum Gasteiger partial charge on any atom is -0.467 e. The number of esters is 1. The number of methoxy groups -OCH3 is 1. The number of nitrogens with zero attached hydrogens (tertiary/aromatic N) is 3. The monoisotopic (exact) mass is 371 g/mol. The molecule has 1 fully saturated rings. The average molecular weight is 371 g/mol. The van der Waals surface area contributed by atoms with Crippen molar-refractivity contribution in [2.24, 2.45) is 5.92 Å². The fourth-order valence-corrected chi connectivity index (χ4v) is 3.17. The number of carbonyl (C=O) groups is 1. The lowest BCUT2D eigenvalue weighted by Gasteiger charge is -2.20. The minimum atomic E-state index is -1.45. The molecular formula is C18H27F2N3O3. The summed E-state index contributed by atoms with van der Waals surface area (Å²) in [6.07, 6.45) is -2.03. The van der Waals surface area contributed by atoms with E-state index in [4.69, 9.17) is 4.74 Å². The number of aryl methyl sites for hydroxylation is 1. The zero-order valence-electron chi connectivity index (χ0n) is 15.7. The van der Waals surface area contributed by atoms with Crippen molar-refractivity contribution in [3.8, 4) is 0 Å². The van der Waals surface area contributed by atoms with Crippen molar-refractivity contribution < 1.29 is 18.3 Å². The normalized spacial score (nSPS) is 22.0. The van der Waals surface area contributed by atoms with Crippen molar-refractivity contribution in [2.75, 3.05) is 26.7 Å². The minimum absolute atomic E-state index is 0.0674. The summed E-state index contributed by atoms with van der Waals surface area (Å²) in [4.78, 5) is 26.3. The Balaban J connectivity index is 2.21. The molecule has 1 saturated heterocycles. The van der Waals surface area contributed by atoms with Crippen molar-refractivity contribution >= 4 is 5.97 Å². The molecule has 0 saturated carbocycles. The summed E-state index contributed by atoms with van der Waals surface area (Å²) in [5.41, 5.74) is 0.747. The number of hydrogen-bond donors (Lipinski definition) is 0. The molecule has 1 aliphatic rings. The molecule has 146 valence electrons. The van der Waals surface area contributed by atoms with Gasteiger partial charge in [0, 0.05) is 31.6 Å². The number of halogens is 2. The highest BCUT2D eigenvalue weighted by atomic mass is 19.2.